The van der Waals surface area contributed by atoms with Gasteiger partial charge in [0, 0.05) is 12.0 Å². The predicted octanol–water partition coefficient (Wildman–Crippen LogP) is 3.24. The summed E-state index contributed by atoms with van der Waals surface area (Å²) in [5.74, 6) is 0.0365. The highest BCUT2D eigenvalue weighted by atomic mass is 19.1. The molecule has 2 heteroatoms. The van der Waals surface area contributed by atoms with Crippen molar-refractivity contribution >= 4 is 5.78 Å². The average molecular weight is 194 g/mol. The minimum absolute atomic E-state index is 0.0365. The summed E-state index contributed by atoms with van der Waals surface area (Å²) in [4.78, 5) is 11.5. The van der Waals surface area contributed by atoms with Crippen LogP contribution in [0.2, 0.25) is 0 Å². The fourth-order valence-electron chi connectivity index (χ4n) is 1.51. The Kier molecular flexibility index (Phi) is 3.81. The molecule has 1 aromatic rings. The first-order valence-electron chi connectivity index (χ1n) is 4.81. The molecule has 1 rings (SSSR count). The van der Waals surface area contributed by atoms with E-state index in [9.17, 15) is 9.18 Å². The SMILES string of the molecule is Cc1cc(C)cc(C(=O)CCCF)c1. The highest BCUT2D eigenvalue weighted by Gasteiger charge is 2.06. The summed E-state index contributed by atoms with van der Waals surface area (Å²) in [6, 6.07) is 5.73. The van der Waals surface area contributed by atoms with Crippen LogP contribution in [0.3, 0.4) is 0 Å². The Bertz CT molecular complexity index is 311. The van der Waals surface area contributed by atoms with E-state index in [4.69, 9.17) is 0 Å². The van der Waals surface area contributed by atoms with Gasteiger partial charge in [-0.25, -0.2) is 0 Å². The fourth-order valence-corrected chi connectivity index (χ4v) is 1.51. The topological polar surface area (TPSA) is 17.1 Å². The van der Waals surface area contributed by atoms with Crippen LogP contribution < -0.4 is 0 Å². The lowest BCUT2D eigenvalue weighted by molar-refractivity contribution is 0.0977. The molecule has 0 fully saturated rings. The molecule has 1 nitrogen and oxygen atoms in total. The van der Waals surface area contributed by atoms with Crippen LogP contribution in [-0.2, 0) is 0 Å². The van der Waals surface area contributed by atoms with Crippen molar-refractivity contribution in [3.63, 3.8) is 0 Å². The fraction of sp³-hybridized carbons (Fsp3) is 0.417. The van der Waals surface area contributed by atoms with E-state index in [0.29, 0.717) is 18.4 Å². The molecule has 0 bridgehead atoms. The molecule has 0 saturated heterocycles. The van der Waals surface area contributed by atoms with Gasteiger partial charge in [0.1, 0.15) is 0 Å². The molecule has 0 spiro atoms. The van der Waals surface area contributed by atoms with Gasteiger partial charge in [0.2, 0.25) is 0 Å². The molecule has 0 saturated carbocycles. The molecule has 1 aromatic carbocycles. The van der Waals surface area contributed by atoms with Crippen LogP contribution in [0.15, 0.2) is 18.2 Å². The van der Waals surface area contributed by atoms with Gasteiger partial charge in [0.15, 0.2) is 5.78 Å². The number of carbonyl (C=O) groups excluding carboxylic acids is 1. The number of carbonyl (C=O) groups is 1. The van der Waals surface area contributed by atoms with Crippen LogP contribution in [-0.4, -0.2) is 12.5 Å². The Morgan fingerprint density at radius 3 is 2.29 bits per heavy atom. The van der Waals surface area contributed by atoms with Crippen molar-refractivity contribution in [2.75, 3.05) is 6.67 Å². The summed E-state index contributed by atoms with van der Waals surface area (Å²) in [6.45, 7) is 3.49. The van der Waals surface area contributed by atoms with Crippen molar-refractivity contribution in [1.82, 2.24) is 0 Å². The van der Waals surface area contributed by atoms with E-state index in [0.717, 1.165) is 11.1 Å². The molecular formula is C12H15FO. The lowest BCUT2D eigenvalue weighted by Gasteiger charge is -2.03. The molecule has 0 aromatic heterocycles. The summed E-state index contributed by atoms with van der Waals surface area (Å²) < 4.78 is 11.9. The van der Waals surface area contributed by atoms with Crippen molar-refractivity contribution in [3.05, 3.63) is 34.9 Å². The second kappa shape index (κ2) is 4.89. The summed E-state index contributed by atoms with van der Waals surface area (Å²) in [7, 11) is 0. The monoisotopic (exact) mass is 194 g/mol. The third-order valence-corrected chi connectivity index (χ3v) is 2.08. The van der Waals surface area contributed by atoms with E-state index in [2.05, 4.69) is 0 Å². The zero-order chi connectivity index (χ0) is 10.6. The van der Waals surface area contributed by atoms with E-state index in [1.807, 2.05) is 32.0 Å². The van der Waals surface area contributed by atoms with Crippen molar-refractivity contribution in [1.29, 1.82) is 0 Å². The number of rotatable bonds is 4. The number of aryl methyl sites for hydroxylation is 2. The maximum absolute atomic E-state index is 11.9. The molecule has 0 unspecified atom stereocenters. The lowest BCUT2D eigenvalue weighted by Crippen LogP contribution is -2.00. The quantitative estimate of drug-likeness (QED) is 0.672. The van der Waals surface area contributed by atoms with E-state index in [1.54, 1.807) is 0 Å². The zero-order valence-corrected chi connectivity index (χ0v) is 8.64. The first-order chi connectivity index (χ1) is 6.63. The van der Waals surface area contributed by atoms with E-state index in [1.165, 1.54) is 0 Å². The van der Waals surface area contributed by atoms with Gasteiger partial charge in [-0.2, -0.15) is 0 Å². The number of hydrogen-bond donors (Lipinski definition) is 0. The number of Topliss-reactive ketones (excluding diaryl/α,β-unsaturated/α-hetero) is 1. The third kappa shape index (κ3) is 2.95. The van der Waals surface area contributed by atoms with Gasteiger partial charge in [0.05, 0.1) is 6.67 Å². The Hall–Kier alpha value is -1.18. The molecule has 76 valence electrons. The molecule has 0 amide bonds. The highest BCUT2D eigenvalue weighted by molar-refractivity contribution is 5.96. The Morgan fingerprint density at radius 1 is 1.21 bits per heavy atom. The van der Waals surface area contributed by atoms with Crippen LogP contribution in [0.4, 0.5) is 4.39 Å². The number of ketones is 1. The maximum atomic E-state index is 11.9. The molecule has 0 aliphatic carbocycles. The Labute approximate surface area is 83.9 Å². The van der Waals surface area contributed by atoms with E-state index < -0.39 is 6.67 Å². The van der Waals surface area contributed by atoms with E-state index in [-0.39, 0.29) is 5.78 Å². The predicted molar refractivity (Wildman–Crippen MR) is 55.5 cm³/mol. The van der Waals surface area contributed by atoms with Crippen molar-refractivity contribution in [3.8, 4) is 0 Å². The molecule has 0 heterocycles. The summed E-state index contributed by atoms with van der Waals surface area (Å²) in [5.41, 5.74) is 2.86. The number of halogens is 1. The van der Waals surface area contributed by atoms with Crippen LogP contribution in [0, 0.1) is 13.8 Å². The third-order valence-electron chi connectivity index (χ3n) is 2.08. The van der Waals surface area contributed by atoms with Crippen LogP contribution in [0.1, 0.15) is 34.3 Å². The van der Waals surface area contributed by atoms with Gasteiger partial charge < -0.3 is 0 Å². The van der Waals surface area contributed by atoms with Gasteiger partial charge in [-0.3, -0.25) is 9.18 Å². The van der Waals surface area contributed by atoms with Crippen molar-refractivity contribution < 1.29 is 9.18 Å². The molecule has 0 N–H and O–H groups in total. The Balaban J connectivity index is 2.79. The first kappa shape index (κ1) is 10.9. The second-order valence-electron chi connectivity index (χ2n) is 3.59. The lowest BCUT2D eigenvalue weighted by atomic mass is 10.0. The minimum atomic E-state index is -0.420. The van der Waals surface area contributed by atoms with Gasteiger partial charge >= 0.3 is 0 Å². The van der Waals surface area contributed by atoms with Gasteiger partial charge in [-0.15, -0.1) is 0 Å². The molecule has 14 heavy (non-hydrogen) atoms. The van der Waals surface area contributed by atoms with Gasteiger partial charge in [0.25, 0.3) is 0 Å². The summed E-state index contributed by atoms with van der Waals surface area (Å²) in [5, 5.41) is 0. The molecule has 0 radical (unpaired) electrons. The zero-order valence-electron chi connectivity index (χ0n) is 8.64. The largest absolute Gasteiger partial charge is 0.294 e. The minimum Gasteiger partial charge on any atom is -0.294 e. The van der Waals surface area contributed by atoms with E-state index >= 15 is 0 Å². The molecule has 0 aliphatic heterocycles. The molecule has 0 atom stereocenters. The van der Waals surface area contributed by atoms with Crippen LogP contribution >= 0.6 is 0 Å². The van der Waals surface area contributed by atoms with Crippen molar-refractivity contribution in [2.24, 2.45) is 0 Å². The molecular weight excluding hydrogens is 179 g/mol. The first-order valence-corrected chi connectivity index (χ1v) is 4.81. The average Bonchev–Trinajstić information content (AvgIpc) is 2.12. The molecule has 0 aliphatic rings. The highest BCUT2D eigenvalue weighted by Crippen LogP contribution is 2.11. The normalized spacial score (nSPS) is 10.2. The summed E-state index contributed by atoms with van der Waals surface area (Å²) in [6.07, 6.45) is 0.630. The van der Waals surface area contributed by atoms with Gasteiger partial charge in [-0.1, -0.05) is 17.2 Å². The number of alkyl halides is 1. The summed E-state index contributed by atoms with van der Waals surface area (Å²) >= 11 is 0. The second-order valence-corrected chi connectivity index (χ2v) is 3.59. The Morgan fingerprint density at radius 2 is 1.79 bits per heavy atom. The smallest absolute Gasteiger partial charge is 0.162 e. The standard InChI is InChI=1S/C12H15FO/c1-9-6-10(2)8-11(7-9)12(14)4-3-5-13/h6-8H,3-5H2,1-2H3. The van der Waals surface area contributed by atoms with Crippen LogP contribution in [0.25, 0.3) is 0 Å². The maximum Gasteiger partial charge on any atom is 0.162 e. The van der Waals surface area contributed by atoms with Crippen molar-refractivity contribution in [2.45, 2.75) is 26.7 Å². The van der Waals surface area contributed by atoms with Crippen LogP contribution in [0.5, 0.6) is 0 Å². The number of benzene rings is 1. The number of hydrogen-bond acceptors (Lipinski definition) is 1. The van der Waals surface area contributed by atoms with Gasteiger partial charge in [-0.05, 0) is 32.4 Å².